The Morgan fingerprint density at radius 1 is 1.08 bits per heavy atom. The van der Waals surface area contributed by atoms with Gasteiger partial charge in [0.2, 0.25) is 0 Å². The lowest BCUT2D eigenvalue weighted by Crippen LogP contribution is -2.21. The molecule has 0 unspecified atom stereocenters. The van der Waals surface area contributed by atoms with E-state index < -0.39 is 5.91 Å². The van der Waals surface area contributed by atoms with Gasteiger partial charge in [-0.2, -0.15) is 5.10 Å². The number of hydrazone groups is 1. The van der Waals surface area contributed by atoms with E-state index in [2.05, 4.69) is 15.5 Å². The van der Waals surface area contributed by atoms with Gasteiger partial charge in [-0.25, -0.2) is 10.4 Å². The fourth-order valence-electron chi connectivity index (χ4n) is 2.35. The molecular formula is C18H13Cl3N4O. The molecule has 0 bridgehead atoms. The standard InChI is InChI=1S/C18H13Cl3N4O/c1-9(11-7-6-10-4-2-3-5-12(10)8-11)24-25-18(26)16-13(19)15(22)14(20)17(21)23-16/h2-8H,1H3,(H2,22,23)(H,25,26). The number of carbonyl (C=O) groups excluding carboxylic acids is 1. The Labute approximate surface area is 164 Å². The summed E-state index contributed by atoms with van der Waals surface area (Å²) < 4.78 is 0. The van der Waals surface area contributed by atoms with Gasteiger partial charge in [0.15, 0.2) is 10.8 Å². The molecule has 8 heteroatoms. The number of nitrogen functional groups attached to an aromatic ring is 1. The molecule has 0 atom stereocenters. The first-order chi connectivity index (χ1) is 12.4. The molecule has 1 heterocycles. The third-order valence-electron chi connectivity index (χ3n) is 3.78. The van der Waals surface area contributed by atoms with Crippen molar-refractivity contribution in [1.82, 2.24) is 10.4 Å². The van der Waals surface area contributed by atoms with Gasteiger partial charge in [-0.05, 0) is 29.3 Å². The Morgan fingerprint density at radius 3 is 2.50 bits per heavy atom. The van der Waals surface area contributed by atoms with Crippen LogP contribution in [0.2, 0.25) is 15.2 Å². The molecule has 1 amide bonds. The van der Waals surface area contributed by atoms with Crippen LogP contribution in [0, 0.1) is 0 Å². The van der Waals surface area contributed by atoms with Gasteiger partial charge in [0.1, 0.15) is 5.02 Å². The summed E-state index contributed by atoms with van der Waals surface area (Å²) in [5, 5.41) is 6.13. The zero-order chi connectivity index (χ0) is 18.8. The van der Waals surface area contributed by atoms with Gasteiger partial charge in [0.05, 0.1) is 16.4 Å². The molecule has 0 fully saturated rings. The molecule has 1 aromatic heterocycles. The fourth-order valence-corrected chi connectivity index (χ4v) is 2.94. The van der Waals surface area contributed by atoms with Crippen molar-refractivity contribution in [2.24, 2.45) is 5.10 Å². The highest BCUT2D eigenvalue weighted by atomic mass is 35.5. The van der Waals surface area contributed by atoms with Crippen LogP contribution in [0.15, 0.2) is 47.6 Å². The first kappa shape index (κ1) is 18.5. The Kier molecular flexibility index (Phi) is 5.32. The Balaban J connectivity index is 1.85. The SMILES string of the molecule is CC(=NNC(=O)c1nc(Cl)c(Cl)c(N)c1Cl)c1ccc2ccccc2c1. The van der Waals surface area contributed by atoms with Crippen molar-refractivity contribution in [3.05, 3.63) is 68.9 Å². The van der Waals surface area contributed by atoms with Gasteiger partial charge >= 0.3 is 0 Å². The van der Waals surface area contributed by atoms with Crippen LogP contribution < -0.4 is 11.2 Å². The molecule has 0 aliphatic heterocycles. The highest BCUT2D eigenvalue weighted by molar-refractivity contribution is 6.46. The molecule has 3 N–H and O–H groups in total. The average molecular weight is 408 g/mol. The maximum Gasteiger partial charge on any atom is 0.291 e. The molecule has 2 aromatic carbocycles. The summed E-state index contributed by atoms with van der Waals surface area (Å²) >= 11 is 17.7. The zero-order valence-corrected chi connectivity index (χ0v) is 15.8. The number of benzene rings is 2. The van der Waals surface area contributed by atoms with E-state index in [1.54, 1.807) is 6.92 Å². The number of amides is 1. The predicted molar refractivity (Wildman–Crippen MR) is 107 cm³/mol. The Morgan fingerprint density at radius 2 is 1.77 bits per heavy atom. The van der Waals surface area contributed by atoms with Crippen LogP contribution in [0.4, 0.5) is 5.69 Å². The molecule has 132 valence electrons. The summed E-state index contributed by atoms with van der Waals surface area (Å²) in [6.45, 7) is 1.78. The number of hydrogen-bond donors (Lipinski definition) is 2. The average Bonchev–Trinajstić information content (AvgIpc) is 2.66. The van der Waals surface area contributed by atoms with E-state index in [0.717, 1.165) is 16.3 Å². The molecule has 0 spiro atoms. The third kappa shape index (κ3) is 3.60. The van der Waals surface area contributed by atoms with Crippen LogP contribution in [-0.2, 0) is 0 Å². The molecule has 26 heavy (non-hydrogen) atoms. The smallest absolute Gasteiger partial charge is 0.291 e. The van der Waals surface area contributed by atoms with Gasteiger partial charge < -0.3 is 5.73 Å². The molecule has 0 aliphatic rings. The van der Waals surface area contributed by atoms with E-state index in [0.29, 0.717) is 5.71 Å². The Hall–Kier alpha value is -2.34. The van der Waals surface area contributed by atoms with Crippen molar-refractivity contribution in [3.8, 4) is 0 Å². The second-order valence-corrected chi connectivity index (χ2v) is 6.61. The normalized spacial score (nSPS) is 11.6. The molecule has 0 saturated carbocycles. The lowest BCUT2D eigenvalue weighted by atomic mass is 10.0. The molecule has 0 saturated heterocycles. The number of aromatic nitrogens is 1. The van der Waals surface area contributed by atoms with Crippen LogP contribution in [0.1, 0.15) is 23.0 Å². The van der Waals surface area contributed by atoms with Crippen molar-refractivity contribution < 1.29 is 4.79 Å². The molecule has 0 aliphatic carbocycles. The third-order valence-corrected chi connectivity index (χ3v) is 4.91. The molecule has 3 aromatic rings. The minimum Gasteiger partial charge on any atom is -0.396 e. The monoisotopic (exact) mass is 406 g/mol. The highest BCUT2D eigenvalue weighted by Crippen LogP contribution is 2.34. The number of rotatable bonds is 3. The number of carbonyl (C=O) groups is 1. The number of nitrogens with two attached hydrogens (primary N) is 1. The van der Waals surface area contributed by atoms with Crippen molar-refractivity contribution in [2.45, 2.75) is 6.92 Å². The molecule has 5 nitrogen and oxygen atoms in total. The van der Waals surface area contributed by atoms with Crippen molar-refractivity contribution in [1.29, 1.82) is 0 Å². The minimum absolute atomic E-state index is 0.00376. The van der Waals surface area contributed by atoms with Gasteiger partial charge in [-0.15, -0.1) is 0 Å². The largest absolute Gasteiger partial charge is 0.396 e. The van der Waals surface area contributed by atoms with E-state index >= 15 is 0 Å². The summed E-state index contributed by atoms with van der Waals surface area (Å²) in [4.78, 5) is 16.2. The van der Waals surface area contributed by atoms with Crippen LogP contribution in [-0.4, -0.2) is 16.6 Å². The van der Waals surface area contributed by atoms with Crippen LogP contribution in [0.3, 0.4) is 0 Å². The molecule has 3 rings (SSSR count). The first-order valence-electron chi connectivity index (χ1n) is 7.52. The van der Waals surface area contributed by atoms with Crippen LogP contribution in [0.5, 0.6) is 0 Å². The van der Waals surface area contributed by atoms with E-state index in [1.807, 2.05) is 42.5 Å². The van der Waals surface area contributed by atoms with E-state index in [-0.39, 0.29) is 26.6 Å². The zero-order valence-electron chi connectivity index (χ0n) is 13.6. The van der Waals surface area contributed by atoms with Crippen molar-refractivity contribution in [2.75, 3.05) is 5.73 Å². The van der Waals surface area contributed by atoms with E-state index in [9.17, 15) is 4.79 Å². The maximum atomic E-state index is 12.3. The molecular weight excluding hydrogens is 395 g/mol. The first-order valence-corrected chi connectivity index (χ1v) is 8.65. The number of nitrogens with one attached hydrogen (secondary N) is 1. The second kappa shape index (κ2) is 7.50. The minimum atomic E-state index is -0.639. The lowest BCUT2D eigenvalue weighted by Gasteiger charge is -2.08. The summed E-state index contributed by atoms with van der Waals surface area (Å²) in [5.41, 5.74) is 9.46. The maximum absolute atomic E-state index is 12.3. The fraction of sp³-hybridized carbons (Fsp3) is 0.0556. The second-order valence-electron chi connectivity index (χ2n) is 5.49. The number of halogens is 3. The number of pyridine rings is 1. The van der Waals surface area contributed by atoms with Gasteiger partial charge in [-0.1, -0.05) is 71.2 Å². The number of hydrogen-bond acceptors (Lipinski definition) is 4. The van der Waals surface area contributed by atoms with Crippen molar-refractivity contribution >= 4 is 62.9 Å². The number of nitrogens with zero attached hydrogens (tertiary/aromatic N) is 2. The van der Waals surface area contributed by atoms with Gasteiger partial charge in [-0.3, -0.25) is 4.79 Å². The topological polar surface area (TPSA) is 80.4 Å². The van der Waals surface area contributed by atoms with E-state index in [4.69, 9.17) is 40.5 Å². The van der Waals surface area contributed by atoms with Crippen molar-refractivity contribution in [3.63, 3.8) is 0 Å². The quantitative estimate of drug-likeness (QED) is 0.367. The predicted octanol–water partition coefficient (Wildman–Crippen LogP) is 4.93. The summed E-state index contributed by atoms with van der Waals surface area (Å²) in [5.74, 6) is -0.639. The lowest BCUT2D eigenvalue weighted by molar-refractivity contribution is 0.0950. The Bertz CT molecular complexity index is 1050. The summed E-state index contributed by atoms with van der Waals surface area (Å²) in [6, 6.07) is 13.9. The highest BCUT2D eigenvalue weighted by Gasteiger charge is 2.19. The van der Waals surface area contributed by atoms with Crippen LogP contribution >= 0.6 is 34.8 Å². The van der Waals surface area contributed by atoms with Crippen LogP contribution in [0.25, 0.3) is 10.8 Å². The number of anilines is 1. The molecule has 0 radical (unpaired) electrons. The van der Waals surface area contributed by atoms with Gasteiger partial charge in [0.25, 0.3) is 5.91 Å². The van der Waals surface area contributed by atoms with Gasteiger partial charge in [0, 0.05) is 0 Å². The number of fused-ring (bicyclic) bond motifs is 1. The van der Waals surface area contributed by atoms with E-state index in [1.165, 1.54) is 0 Å². The summed E-state index contributed by atoms with van der Waals surface area (Å²) in [6.07, 6.45) is 0. The summed E-state index contributed by atoms with van der Waals surface area (Å²) in [7, 11) is 0.